The number of rotatable bonds is 7. The molecule has 2 aromatic carbocycles. The minimum Gasteiger partial charge on any atom is -0.452 e. The Labute approximate surface area is 154 Å². The Kier molecular flexibility index (Phi) is 7.13. The van der Waals surface area contributed by atoms with Gasteiger partial charge in [-0.2, -0.15) is 0 Å². The molecule has 0 aliphatic rings. The monoisotopic (exact) mass is 407 g/mol. The molecule has 0 aliphatic heterocycles. The van der Waals surface area contributed by atoms with Crippen LogP contribution in [0.15, 0.2) is 53.0 Å². The SMILES string of the molecule is CCC[C@H](NC(=O)COC(=O)c1cc(F)ccc1Br)c1ccccc1. The fourth-order valence-electron chi connectivity index (χ4n) is 2.39. The van der Waals surface area contributed by atoms with E-state index in [9.17, 15) is 14.0 Å². The first-order chi connectivity index (χ1) is 12.0. The zero-order valence-corrected chi connectivity index (χ0v) is 15.4. The summed E-state index contributed by atoms with van der Waals surface area (Å²) in [6, 6.07) is 13.2. The number of esters is 1. The molecule has 1 amide bonds. The molecule has 0 unspecified atom stereocenters. The summed E-state index contributed by atoms with van der Waals surface area (Å²) >= 11 is 3.16. The molecule has 0 saturated carbocycles. The highest BCUT2D eigenvalue weighted by atomic mass is 79.9. The molecule has 0 aliphatic carbocycles. The first-order valence-electron chi connectivity index (χ1n) is 7.97. The number of carbonyl (C=O) groups excluding carboxylic acids is 2. The van der Waals surface area contributed by atoms with Crippen molar-refractivity contribution in [2.75, 3.05) is 6.61 Å². The highest BCUT2D eigenvalue weighted by Crippen LogP contribution is 2.19. The fourth-order valence-corrected chi connectivity index (χ4v) is 2.80. The van der Waals surface area contributed by atoms with Gasteiger partial charge in [-0.05, 0) is 46.1 Å². The summed E-state index contributed by atoms with van der Waals surface area (Å²) in [7, 11) is 0. The molecule has 0 heterocycles. The number of amides is 1. The second-order valence-corrected chi connectivity index (χ2v) is 6.37. The highest BCUT2D eigenvalue weighted by molar-refractivity contribution is 9.10. The third kappa shape index (κ3) is 5.67. The lowest BCUT2D eigenvalue weighted by Gasteiger charge is -2.18. The molecule has 0 fully saturated rings. The molecule has 0 aromatic heterocycles. The number of hydrogen-bond acceptors (Lipinski definition) is 3. The second-order valence-electron chi connectivity index (χ2n) is 5.52. The van der Waals surface area contributed by atoms with Crippen LogP contribution in [0.1, 0.15) is 41.7 Å². The van der Waals surface area contributed by atoms with Gasteiger partial charge < -0.3 is 10.1 Å². The van der Waals surface area contributed by atoms with Crippen molar-refractivity contribution in [3.8, 4) is 0 Å². The van der Waals surface area contributed by atoms with Crippen LogP contribution in [0.4, 0.5) is 4.39 Å². The van der Waals surface area contributed by atoms with E-state index in [1.165, 1.54) is 12.1 Å². The molecule has 0 radical (unpaired) electrons. The van der Waals surface area contributed by atoms with E-state index in [1.54, 1.807) is 0 Å². The van der Waals surface area contributed by atoms with Crippen LogP contribution < -0.4 is 5.32 Å². The van der Waals surface area contributed by atoms with Crippen LogP contribution in [0.5, 0.6) is 0 Å². The molecule has 2 rings (SSSR count). The predicted molar refractivity (Wildman–Crippen MR) is 96.6 cm³/mol. The summed E-state index contributed by atoms with van der Waals surface area (Å²) in [5, 5.41) is 2.87. The van der Waals surface area contributed by atoms with Crippen molar-refractivity contribution in [3.63, 3.8) is 0 Å². The van der Waals surface area contributed by atoms with Gasteiger partial charge in [-0.3, -0.25) is 4.79 Å². The minimum absolute atomic E-state index is 0.0426. The van der Waals surface area contributed by atoms with Crippen LogP contribution in [-0.4, -0.2) is 18.5 Å². The zero-order chi connectivity index (χ0) is 18.2. The summed E-state index contributed by atoms with van der Waals surface area (Å²) < 4.78 is 18.6. The third-order valence-corrected chi connectivity index (χ3v) is 4.29. The van der Waals surface area contributed by atoms with Gasteiger partial charge in [-0.25, -0.2) is 9.18 Å². The Hall–Kier alpha value is -2.21. The largest absolute Gasteiger partial charge is 0.452 e. The van der Waals surface area contributed by atoms with Crippen molar-refractivity contribution in [2.45, 2.75) is 25.8 Å². The number of nitrogens with one attached hydrogen (secondary N) is 1. The molecule has 1 N–H and O–H groups in total. The van der Waals surface area contributed by atoms with E-state index in [1.807, 2.05) is 37.3 Å². The van der Waals surface area contributed by atoms with E-state index in [0.29, 0.717) is 4.47 Å². The lowest BCUT2D eigenvalue weighted by Crippen LogP contribution is -2.32. The lowest BCUT2D eigenvalue weighted by molar-refractivity contribution is -0.125. The van der Waals surface area contributed by atoms with Crippen LogP contribution in [0, 0.1) is 5.82 Å². The van der Waals surface area contributed by atoms with Gasteiger partial charge >= 0.3 is 5.97 Å². The molecule has 0 saturated heterocycles. The number of halogens is 2. The highest BCUT2D eigenvalue weighted by Gasteiger charge is 2.17. The minimum atomic E-state index is -0.756. The first-order valence-corrected chi connectivity index (χ1v) is 8.77. The summed E-state index contributed by atoms with van der Waals surface area (Å²) in [5.74, 6) is -1.71. The predicted octanol–water partition coefficient (Wildman–Crippen LogP) is 4.40. The van der Waals surface area contributed by atoms with Gasteiger partial charge in [0.1, 0.15) is 5.82 Å². The zero-order valence-electron chi connectivity index (χ0n) is 13.8. The Morgan fingerprint density at radius 2 is 1.92 bits per heavy atom. The van der Waals surface area contributed by atoms with E-state index in [-0.39, 0.29) is 11.6 Å². The lowest BCUT2D eigenvalue weighted by atomic mass is 10.0. The van der Waals surface area contributed by atoms with Gasteiger partial charge in [-0.1, -0.05) is 43.7 Å². The molecule has 4 nitrogen and oxygen atoms in total. The van der Waals surface area contributed by atoms with Crippen molar-refractivity contribution in [1.82, 2.24) is 5.32 Å². The quantitative estimate of drug-likeness (QED) is 0.691. The van der Waals surface area contributed by atoms with E-state index in [4.69, 9.17) is 4.74 Å². The van der Waals surface area contributed by atoms with Crippen molar-refractivity contribution >= 4 is 27.8 Å². The number of ether oxygens (including phenoxy) is 1. The molecule has 6 heteroatoms. The maximum Gasteiger partial charge on any atom is 0.339 e. The van der Waals surface area contributed by atoms with E-state index in [0.717, 1.165) is 24.5 Å². The summed E-state index contributed by atoms with van der Waals surface area (Å²) in [4.78, 5) is 24.1. The number of hydrogen-bond donors (Lipinski definition) is 1. The van der Waals surface area contributed by atoms with Crippen LogP contribution in [0.2, 0.25) is 0 Å². The molecular weight excluding hydrogens is 389 g/mol. The average molecular weight is 408 g/mol. The maximum atomic E-state index is 13.2. The fraction of sp³-hybridized carbons (Fsp3) is 0.263. The Balaban J connectivity index is 1.94. The standard InChI is InChI=1S/C19H19BrFNO3/c1-2-6-17(13-7-4-3-5-8-13)22-18(23)12-25-19(24)15-11-14(21)9-10-16(15)20/h3-5,7-11,17H,2,6,12H2,1H3,(H,22,23)/t17-/m0/s1. The van der Waals surface area contributed by atoms with Gasteiger partial charge in [0, 0.05) is 4.47 Å². The van der Waals surface area contributed by atoms with Crippen LogP contribution in [0.3, 0.4) is 0 Å². The van der Waals surface area contributed by atoms with Crippen LogP contribution in [0.25, 0.3) is 0 Å². The van der Waals surface area contributed by atoms with Crippen molar-refractivity contribution in [1.29, 1.82) is 0 Å². The molecule has 132 valence electrons. The van der Waals surface area contributed by atoms with Gasteiger partial charge in [0.15, 0.2) is 6.61 Å². The molecular formula is C19H19BrFNO3. The van der Waals surface area contributed by atoms with Crippen LogP contribution in [-0.2, 0) is 9.53 Å². The number of benzene rings is 2. The Bertz CT molecular complexity index is 737. The van der Waals surface area contributed by atoms with Crippen molar-refractivity contribution in [2.24, 2.45) is 0 Å². The van der Waals surface area contributed by atoms with Crippen LogP contribution >= 0.6 is 15.9 Å². The Morgan fingerprint density at radius 1 is 1.20 bits per heavy atom. The maximum absolute atomic E-state index is 13.2. The topological polar surface area (TPSA) is 55.4 Å². The van der Waals surface area contributed by atoms with Gasteiger partial charge in [0.2, 0.25) is 0 Å². The molecule has 0 bridgehead atoms. The molecule has 25 heavy (non-hydrogen) atoms. The van der Waals surface area contributed by atoms with E-state index >= 15 is 0 Å². The van der Waals surface area contributed by atoms with E-state index < -0.39 is 24.3 Å². The summed E-state index contributed by atoms with van der Waals surface area (Å²) in [5.41, 5.74) is 1.04. The third-order valence-electron chi connectivity index (χ3n) is 3.60. The second kappa shape index (κ2) is 9.32. The summed E-state index contributed by atoms with van der Waals surface area (Å²) in [6.07, 6.45) is 1.68. The van der Waals surface area contributed by atoms with Gasteiger partial charge in [0.05, 0.1) is 11.6 Å². The Morgan fingerprint density at radius 3 is 2.60 bits per heavy atom. The van der Waals surface area contributed by atoms with Gasteiger partial charge in [0.25, 0.3) is 5.91 Å². The van der Waals surface area contributed by atoms with E-state index in [2.05, 4.69) is 21.2 Å². The summed E-state index contributed by atoms with van der Waals surface area (Å²) in [6.45, 7) is 1.61. The van der Waals surface area contributed by atoms with Crippen molar-refractivity contribution in [3.05, 3.63) is 69.9 Å². The number of carbonyl (C=O) groups is 2. The first kappa shape index (κ1) is 19.1. The smallest absolute Gasteiger partial charge is 0.339 e. The molecule has 1 atom stereocenters. The van der Waals surface area contributed by atoms with Crippen molar-refractivity contribution < 1.29 is 18.7 Å². The average Bonchev–Trinajstić information content (AvgIpc) is 2.62. The van der Waals surface area contributed by atoms with Gasteiger partial charge in [-0.15, -0.1) is 0 Å². The molecule has 2 aromatic rings. The molecule has 0 spiro atoms. The normalized spacial score (nSPS) is 11.6.